The Labute approximate surface area is 297 Å². The molecule has 0 N–H and O–H groups in total. The summed E-state index contributed by atoms with van der Waals surface area (Å²) >= 11 is 1.02. The van der Waals surface area contributed by atoms with E-state index in [9.17, 15) is 56.2 Å². The Morgan fingerprint density at radius 3 is 1.19 bits per heavy atom. The summed E-state index contributed by atoms with van der Waals surface area (Å²) in [6, 6.07) is 21.3. The Bertz CT molecular complexity index is 2470. The zero-order valence-electron chi connectivity index (χ0n) is 26.0. The van der Waals surface area contributed by atoms with Gasteiger partial charge in [0.2, 0.25) is 0 Å². The number of ether oxygens (including phenoxy) is 2. The van der Waals surface area contributed by atoms with Crippen LogP contribution in [0.1, 0.15) is 20.9 Å². The van der Waals surface area contributed by atoms with E-state index in [1.54, 1.807) is 0 Å². The van der Waals surface area contributed by atoms with Gasteiger partial charge in [0.05, 0.1) is 0 Å². The lowest BCUT2D eigenvalue weighted by molar-refractivity contribution is -0.275. The van der Waals surface area contributed by atoms with Crippen molar-refractivity contribution in [1.29, 1.82) is 21.0 Å². The molecule has 0 saturated heterocycles. The van der Waals surface area contributed by atoms with Crippen LogP contribution in [-0.2, 0) is 0 Å². The molecule has 0 unspecified atom stereocenters. The van der Waals surface area contributed by atoms with Crippen LogP contribution in [0.25, 0.3) is 55.7 Å². The monoisotopic (exact) mass is 740 g/mol. The predicted octanol–water partition coefficient (Wildman–Crippen LogP) is 10.8. The van der Waals surface area contributed by atoms with Crippen molar-refractivity contribution in [1.82, 2.24) is 0 Å². The molecule has 0 aliphatic heterocycles. The van der Waals surface area contributed by atoms with Crippen molar-refractivity contribution in [2.45, 2.75) is 12.7 Å². The van der Waals surface area contributed by atoms with Gasteiger partial charge in [-0.05, 0) is 69.8 Å². The Morgan fingerprint density at radius 2 is 0.849 bits per heavy atom. The molecule has 0 fully saturated rings. The fourth-order valence-electron chi connectivity index (χ4n) is 6.47. The number of benzene rings is 4. The number of nitrogens with zero attached hydrogens (tertiary/aromatic N) is 4. The molecule has 0 saturated carbocycles. The first-order valence-electron chi connectivity index (χ1n) is 14.8. The van der Waals surface area contributed by atoms with Crippen molar-refractivity contribution in [3.8, 4) is 80.3 Å². The fourth-order valence-corrected chi connectivity index (χ4v) is 7.93. The minimum Gasteiger partial charge on any atom is -0.405 e. The Morgan fingerprint density at radius 1 is 0.491 bits per heavy atom. The number of rotatable bonds is 4. The smallest absolute Gasteiger partial charge is 0.405 e. The second-order valence-corrected chi connectivity index (χ2v) is 12.4. The van der Waals surface area contributed by atoms with Crippen LogP contribution in [-0.4, -0.2) is 12.7 Å². The first-order chi connectivity index (χ1) is 25.2. The average molecular weight is 741 g/mol. The number of hydrogen-bond donors (Lipinski definition) is 0. The second kappa shape index (κ2) is 12.4. The molecular weight excluding hydrogens is 728 g/mol. The highest BCUT2D eigenvalue weighted by Gasteiger charge is 2.40. The van der Waals surface area contributed by atoms with Crippen LogP contribution in [0.15, 0.2) is 83.9 Å². The average Bonchev–Trinajstić information content (AvgIpc) is 3.71. The van der Waals surface area contributed by atoms with Crippen LogP contribution in [0, 0.1) is 57.0 Å². The summed E-state index contributed by atoms with van der Waals surface area (Å²) in [4.78, 5) is 0.737. The molecule has 2 aliphatic rings. The van der Waals surface area contributed by atoms with E-state index in [4.69, 9.17) is 0 Å². The third-order valence-electron chi connectivity index (χ3n) is 8.39. The lowest BCUT2D eigenvalue weighted by Crippen LogP contribution is -2.17. The van der Waals surface area contributed by atoms with Crippen molar-refractivity contribution in [2.75, 3.05) is 0 Å². The highest BCUT2D eigenvalue weighted by Crippen LogP contribution is 2.62. The van der Waals surface area contributed by atoms with Crippen molar-refractivity contribution >= 4 is 22.5 Å². The Balaban J connectivity index is 1.48. The molecule has 5 aromatic rings. The lowest BCUT2D eigenvalue weighted by atomic mass is 9.93. The van der Waals surface area contributed by atoms with Gasteiger partial charge in [0.15, 0.2) is 0 Å². The molecule has 6 nitrogen and oxygen atoms in total. The summed E-state index contributed by atoms with van der Waals surface area (Å²) in [6.07, 6.45) is -10.3. The summed E-state index contributed by atoms with van der Waals surface area (Å²) in [7, 11) is 0. The maximum Gasteiger partial charge on any atom is 0.573 e. The minimum absolute atomic E-state index is 0.120. The van der Waals surface area contributed by atoms with E-state index in [2.05, 4.69) is 9.47 Å². The standard InChI is InChI=1S/C38H12F8N4O2S/c39-21-3-7-23(29(11-21)51-37(41,42)43)17-1-5-25-27(9-17)31(19(13-47)14-48)35-33(25)34-26-6-2-18(10-28(26)32(36(34)53-35)20(15-49)16-50)24-8-4-22(40)12-30(24)52-38(44,45)46/h1-12H. The third-order valence-corrected chi connectivity index (χ3v) is 9.61. The van der Waals surface area contributed by atoms with Gasteiger partial charge in [-0.25, -0.2) is 8.78 Å². The molecule has 53 heavy (non-hydrogen) atoms. The molecule has 0 spiro atoms. The maximum atomic E-state index is 14.0. The molecule has 2 aliphatic carbocycles. The van der Waals surface area contributed by atoms with Crippen molar-refractivity contribution in [3.63, 3.8) is 0 Å². The topological polar surface area (TPSA) is 114 Å². The van der Waals surface area contributed by atoms with Crippen molar-refractivity contribution < 1.29 is 44.6 Å². The highest BCUT2D eigenvalue weighted by molar-refractivity contribution is 7.16. The number of fused-ring (bicyclic) bond motifs is 7. The normalized spacial score (nSPS) is 12.4. The highest BCUT2D eigenvalue weighted by atomic mass is 32.1. The van der Waals surface area contributed by atoms with Gasteiger partial charge in [0, 0.05) is 55.3 Å². The summed E-state index contributed by atoms with van der Waals surface area (Å²) in [5.74, 6) is -3.65. The quantitative estimate of drug-likeness (QED) is 0.131. The Hall–Kier alpha value is -6.94. The maximum absolute atomic E-state index is 14.0. The molecule has 0 bridgehead atoms. The zero-order chi connectivity index (χ0) is 38.0. The number of thiophene rings is 1. The van der Waals surface area contributed by atoms with E-state index >= 15 is 0 Å². The van der Waals surface area contributed by atoms with Crippen LogP contribution in [0.4, 0.5) is 35.1 Å². The molecule has 0 atom stereocenters. The molecule has 7 rings (SSSR count). The van der Waals surface area contributed by atoms with E-state index in [0.717, 1.165) is 35.6 Å². The van der Waals surface area contributed by atoms with Gasteiger partial charge in [-0.1, -0.05) is 24.3 Å². The zero-order valence-corrected chi connectivity index (χ0v) is 26.8. The number of alkyl halides is 6. The number of allylic oxidation sites excluding steroid dienone is 2. The summed E-state index contributed by atoms with van der Waals surface area (Å²) < 4.78 is 116. The molecular formula is C38H12F8N4O2S. The van der Waals surface area contributed by atoms with E-state index in [1.165, 1.54) is 36.4 Å². The number of nitriles is 4. The van der Waals surface area contributed by atoms with Gasteiger partial charge < -0.3 is 9.47 Å². The van der Waals surface area contributed by atoms with Crippen LogP contribution in [0.5, 0.6) is 11.5 Å². The van der Waals surface area contributed by atoms with Crippen LogP contribution >= 0.6 is 11.3 Å². The molecule has 1 heterocycles. The number of hydrogen-bond acceptors (Lipinski definition) is 7. The SMILES string of the molecule is N#CC(C#N)=C1c2cc(-c3ccc(F)cc3OC(F)(F)F)ccc2-c2c1sc1c2-c2ccc(-c3ccc(F)cc3OC(F)(F)F)cc2C1=C(C#N)C#N. The van der Waals surface area contributed by atoms with Gasteiger partial charge >= 0.3 is 12.7 Å². The molecule has 258 valence electrons. The van der Waals surface area contributed by atoms with Crippen molar-refractivity contribution in [2.24, 2.45) is 0 Å². The number of halogens is 8. The van der Waals surface area contributed by atoms with Crippen molar-refractivity contribution in [3.05, 3.63) is 116 Å². The van der Waals surface area contributed by atoms with Gasteiger partial charge in [0.25, 0.3) is 0 Å². The van der Waals surface area contributed by atoms with E-state index < -0.39 is 35.9 Å². The molecule has 0 radical (unpaired) electrons. The first kappa shape index (κ1) is 34.5. The summed E-state index contributed by atoms with van der Waals surface area (Å²) in [5.41, 5.74) is 1.77. The third kappa shape index (κ3) is 5.89. The predicted molar refractivity (Wildman–Crippen MR) is 174 cm³/mol. The van der Waals surface area contributed by atoms with Gasteiger partial charge in [0.1, 0.15) is 58.6 Å². The van der Waals surface area contributed by atoms with E-state index in [0.29, 0.717) is 44.1 Å². The van der Waals surface area contributed by atoms with Gasteiger partial charge in [-0.3, -0.25) is 0 Å². The Kier molecular flexibility index (Phi) is 8.06. The minimum atomic E-state index is -5.16. The van der Waals surface area contributed by atoms with E-state index in [1.807, 2.05) is 24.3 Å². The van der Waals surface area contributed by atoms with Crippen LogP contribution in [0.3, 0.4) is 0 Å². The molecule has 1 aromatic heterocycles. The van der Waals surface area contributed by atoms with Crippen LogP contribution < -0.4 is 9.47 Å². The molecule has 0 amide bonds. The first-order valence-corrected chi connectivity index (χ1v) is 15.6. The van der Waals surface area contributed by atoms with E-state index in [-0.39, 0.29) is 55.7 Å². The largest absolute Gasteiger partial charge is 0.573 e. The molecule has 15 heteroatoms. The van der Waals surface area contributed by atoms with Crippen LogP contribution in [0.2, 0.25) is 0 Å². The van der Waals surface area contributed by atoms with Gasteiger partial charge in [-0.15, -0.1) is 37.7 Å². The summed E-state index contributed by atoms with van der Waals surface area (Å²) in [5, 5.41) is 39.9. The fraction of sp³-hybridized carbons (Fsp3) is 0.0526. The lowest BCUT2D eigenvalue weighted by Gasteiger charge is -2.15. The second-order valence-electron chi connectivity index (χ2n) is 11.4. The van der Waals surface area contributed by atoms with Gasteiger partial charge in [-0.2, -0.15) is 21.0 Å². The summed E-state index contributed by atoms with van der Waals surface area (Å²) in [6.45, 7) is 0. The molecule has 4 aromatic carbocycles.